The lowest BCUT2D eigenvalue weighted by molar-refractivity contribution is -0.141. The van der Waals surface area contributed by atoms with E-state index in [9.17, 15) is 18.0 Å². The Morgan fingerprint density at radius 2 is 1.92 bits per heavy atom. The number of aromatic nitrogens is 2. The topological polar surface area (TPSA) is 50.2 Å². The molecule has 25 heavy (non-hydrogen) atoms. The fourth-order valence-corrected chi connectivity index (χ4v) is 2.99. The lowest BCUT2D eigenvalue weighted by Crippen LogP contribution is -2.29. The molecule has 0 saturated carbocycles. The molecule has 2 aromatic rings. The molecular weight excluding hydrogens is 333 g/mol. The molecule has 5 nitrogen and oxygen atoms in total. The molecule has 1 aliphatic heterocycles. The van der Waals surface area contributed by atoms with Crippen LogP contribution in [-0.4, -0.2) is 28.8 Å². The van der Waals surface area contributed by atoms with Gasteiger partial charge in [0.2, 0.25) is 0 Å². The van der Waals surface area contributed by atoms with Crippen molar-refractivity contribution in [3.63, 3.8) is 0 Å². The molecule has 0 spiro atoms. The van der Waals surface area contributed by atoms with Crippen LogP contribution >= 0.6 is 0 Å². The highest BCUT2D eigenvalue weighted by Gasteiger charge is 2.39. The highest BCUT2D eigenvalue weighted by molar-refractivity contribution is 6.05. The van der Waals surface area contributed by atoms with Crippen LogP contribution in [0.4, 0.5) is 24.5 Å². The monoisotopic (exact) mass is 352 g/mol. The van der Waals surface area contributed by atoms with E-state index in [-0.39, 0.29) is 0 Å². The fraction of sp³-hybridized carbons (Fsp3) is 0.412. The van der Waals surface area contributed by atoms with E-state index in [1.807, 2.05) is 6.07 Å². The molecular formula is C17H19F3N4O. The molecule has 1 aliphatic rings. The quantitative estimate of drug-likeness (QED) is 0.917. The van der Waals surface area contributed by atoms with Gasteiger partial charge >= 0.3 is 6.18 Å². The summed E-state index contributed by atoms with van der Waals surface area (Å²) in [6, 6.07) is 7.17. The predicted octanol–water partition coefficient (Wildman–Crippen LogP) is 3.68. The zero-order valence-corrected chi connectivity index (χ0v) is 13.8. The van der Waals surface area contributed by atoms with Crippen molar-refractivity contribution >= 4 is 17.3 Å². The molecule has 0 atom stereocenters. The number of carbonyl (C=O) groups is 1. The number of carbonyl (C=O) groups excluding carboxylic acids is 1. The molecule has 1 saturated heterocycles. The molecule has 1 N–H and O–H groups in total. The third-order valence-electron chi connectivity index (χ3n) is 4.17. The van der Waals surface area contributed by atoms with Gasteiger partial charge in [-0.15, -0.1) is 0 Å². The summed E-state index contributed by atoms with van der Waals surface area (Å²) in [6.07, 6.45) is -0.174. The van der Waals surface area contributed by atoms with Gasteiger partial charge in [-0.05, 0) is 37.5 Å². The Balaban J connectivity index is 1.80. The molecule has 3 rings (SSSR count). The Kier molecular flexibility index (Phi) is 4.69. The van der Waals surface area contributed by atoms with Crippen LogP contribution in [0.5, 0.6) is 0 Å². The number of anilines is 2. The third-order valence-corrected chi connectivity index (χ3v) is 4.17. The van der Waals surface area contributed by atoms with Crippen molar-refractivity contribution < 1.29 is 18.0 Å². The van der Waals surface area contributed by atoms with Crippen molar-refractivity contribution in [2.45, 2.75) is 25.4 Å². The summed E-state index contributed by atoms with van der Waals surface area (Å²) in [4.78, 5) is 14.5. The molecule has 0 aliphatic carbocycles. The third kappa shape index (κ3) is 3.94. The minimum atomic E-state index is -4.68. The maximum absolute atomic E-state index is 13.0. The fourth-order valence-electron chi connectivity index (χ4n) is 2.99. The van der Waals surface area contributed by atoms with Crippen LogP contribution in [0.2, 0.25) is 0 Å². The van der Waals surface area contributed by atoms with Gasteiger partial charge in [0.25, 0.3) is 5.91 Å². The molecule has 0 radical (unpaired) electrons. The van der Waals surface area contributed by atoms with Crippen molar-refractivity contribution in [2.24, 2.45) is 7.05 Å². The number of piperidine rings is 1. The maximum atomic E-state index is 13.0. The summed E-state index contributed by atoms with van der Waals surface area (Å²) in [5.41, 5.74) is -0.247. The SMILES string of the molecule is Cn1cc(C(=O)Nc2cccc(N3CCCCC3)c2)c(C(F)(F)F)n1. The number of hydrogen-bond donors (Lipinski definition) is 1. The first-order valence-corrected chi connectivity index (χ1v) is 8.12. The van der Waals surface area contributed by atoms with Crippen molar-refractivity contribution in [2.75, 3.05) is 23.3 Å². The number of nitrogens with zero attached hydrogens (tertiary/aromatic N) is 3. The maximum Gasteiger partial charge on any atom is 0.435 e. The lowest BCUT2D eigenvalue weighted by atomic mass is 10.1. The van der Waals surface area contributed by atoms with E-state index in [1.54, 1.807) is 18.2 Å². The van der Waals surface area contributed by atoms with Gasteiger partial charge in [0, 0.05) is 37.7 Å². The summed E-state index contributed by atoms with van der Waals surface area (Å²) < 4.78 is 40.0. The van der Waals surface area contributed by atoms with Gasteiger partial charge in [-0.1, -0.05) is 6.07 Å². The molecule has 1 aromatic heterocycles. The number of amides is 1. The van der Waals surface area contributed by atoms with Crippen LogP contribution in [0, 0.1) is 0 Å². The molecule has 0 unspecified atom stereocenters. The van der Waals surface area contributed by atoms with E-state index >= 15 is 0 Å². The second-order valence-electron chi connectivity index (χ2n) is 6.11. The van der Waals surface area contributed by atoms with Crippen LogP contribution in [0.1, 0.15) is 35.3 Å². The van der Waals surface area contributed by atoms with E-state index in [0.29, 0.717) is 5.69 Å². The average Bonchev–Trinajstić information content (AvgIpc) is 2.98. The van der Waals surface area contributed by atoms with E-state index < -0.39 is 23.3 Å². The van der Waals surface area contributed by atoms with E-state index in [1.165, 1.54) is 13.5 Å². The Labute approximate surface area is 143 Å². The second kappa shape index (κ2) is 6.78. The summed E-state index contributed by atoms with van der Waals surface area (Å²) in [7, 11) is 1.35. The van der Waals surface area contributed by atoms with Crippen LogP contribution in [0.3, 0.4) is 0 Å². The number of alkyl halides is 3. The Hall–Kier alpha value is -2.51. The summed E-state index contributed by atoms with van der Waals surface area (Å²) in [5, 5.41) is 5.90. The predicted molar refractivity (Wildman–Crippen MR) is 88.7 cm³/mol. The lowest BCUT2D eigenvalue weighted by Gasteiger charge is -2.29. The number of halogens is 3. The van der Waals surface area contributed by atoms with Crippen LogP contribution in [0.15, 0.2) is 30.5 Å². The number of rotatable bonds is 3. The highest BCUT2D eigenvalue weighted by Crippen LogP contribution is 2.31. The van der Waals surface area contributed by atoms with E-state index in [2.05, 4.69) is 15.3 Å². The van der Waals surface area contributed by atoms with Crippen LogP contribution in [-0.2, 0) is 13.2 Å². The Bertz CT molecular complexity index is 763. The standard InChI is InChI=1S/C17H19F3N4O/c1-23-11-14(15(22-23)17(18,19)20)16(25)21-12-6-5-7-13(10-12)24-8-3-2-4-9-24/h5-7,10-11H,2-4,8-9H2,1H3,(H,21,25). The number of nitrogens with one attached hydrogen (secondary N) is 1. The average molecular weight is 352 g/mol. The Morgan fingerprint density at radius 3 is 2.60 bits per heavy atom. The molecule has 8 heteroatoms. The molecule has 2 heterocycles. The van der Waals surface area contributed by atoms with Crippen molar-refractivity contribution in [3.8, 4) is 0 Å². The van der Waals surface area contributed by atoms with Crippen molar-refractivity contribution in [3.05, 3.63) is 41.7 Å². The number of benzene rings is 1. The zero-order valence-electron chi connectivity index (χ0n) is 13.8. The van der Waals surface area contributed by atoms with Gasteiger partial charge in [-0.3, -0.25) is 9.48 Å². The molecule has 0 bridgehead atoms. The minimum Gasteiger partial charge on any atom is -0.371 e. The smallest absolute Gasteiger partial charge is 0.371 e. The van der Waals surface area contributed by atoms with Gasteiger partial charge < -0.3 is 10.2 Å². The summed E-state index contributed by atoms with van der Waals surface area (Å²) in [5.74, 6) is -0.823. The zero-order chi connectivity index (χ0) is 18.0. The summed E-state index contributed by atoms with van der Waals surface area (Å²) >= 11 is 0. The first-order chi connectivity index (χ1) is 11.8. The minimum absolute atomic E-state index is 0.463. The second-order valence-corrected chi connectivity index (χ2v) is 6.11. The molecule has 1 fully saturated rings. The first-order valence-electron chi connectivity index (χ1n) is 8.12. The van der Waals surface area contributed by atoms with Gasteiger partial charge in [0.15, 0.2) is 5.69 Å². The highest BCUT2D eigenvalue weighted by atomic mass is 19.4. The van der Waals surface area contributed by atoms with Gasteiger partial charge in [0.1, 0.15) is 0 Å². The van der Waals surface area contributed by atoms with Gasteiger partial charge in [-0.2, -0.15) is 18.3 Å². The molecule has 1 aromatic carbocycles. The normalized spacial score (nSPS) is 15.3. The van der Waals surface area contributed by atoms with Crippen LogP contribution in [0.25, 0.3) is 0 Å². The first kappa shape index (κ1) is 17.3. The van der Waals surface area contributed by atoms with E-state index in [0.717, 1.165) is 42.5 Å². The van der Waals surface area contributed by atoms with Crippen molar-refractivity contribution in [1.29, 1.82) is 0 Å². The van der Waals surface area contributed by atoms with E-state index in [4.69, 9.17) is 0 Å². The van der Waals surface area contributed by atoms with Crippen LogP contribution < -0.4 is 10.2 Å². The van der Waals surface area contributed by atoms with Gasteiger partial charge in [-0.25, -0.2) is 0 Å². The van der Waals surface area contributed by atoms with Gasteiger partial charge in [0.05, 0.1) is 5.56 Å². The molecule has 1 amide bonds. The summed E-state index contributed by atoms with van der Waals surface area (Å²) in [6.45, 7) is 1.89. The Morgan fingerprint density at radius 1 is 1.20 bits per heavy atom. The number of hydrogen-bond acceptors (Lipinski definition) is 3. The number of aryl methyl sites for hydroxylation is 1. The van der Waals surface area contributed by atoms with Crippen molar-refractivity contribution in [1.82, 2.24) is 9.78 Å². The molecule has 134 valence electrons. The largest absolute Gasteiger partial charge is 0.435 e.